The fourth-order valence-electron chi connectivity index (χ4n) is 1.53. The van der Waals surface area contributed by atoms with Crippen molar-refractivity contribution in [2.75, 3.05) is 7.11 Å². The molecule has 1 atom stereocenters. The number of hydrogen-bond donors (Lipinski definition) is 1. The summed E-state index contributed by atoms with van der Waals surface area (Å²) in [7, 11) is 1.34. The van der Waals surface area contributed by atoms with E-state index in [9.17, 15) is 9.90 Å². The summed E-state index contributed by atoms with van der Waals surface area (Å²) < 4.78 is 4.63. The third kappa shape index (κ3) is 2.70. The molecule has 1 unspecified atom stereocenters. The number of aliphatic hydroxyl groups is 1. The SMILES string of the molecule is C=CCC(O)c1cc(C(=O)OC)ccc1C. The van der Waals surface area contributed by atoms with Crippen LogP contribution < -0.4 is 0 Å². The number of benzene rings is 1. The van der Waals surface area contributed by atoms with E-state index in [1.165, 1.54) is 7.11 Å². The quantitative estimate of drug-likeness (QED) is 0.626. The van der Waals surface area contributed by atoms with E-state index in [1.54, 1.807) is 24.3 Å². The Morgan fingerprint density at radius 2 is 2.31 bits per heavy atom. The minimum Gasteiger partial charge on any atom is -0.465 e. The Bertz CT molecular complexity index is 396. The van der Waals surface area contributed by atoms with Gasteiger partial charge in [0.05, 0.1) is 18.8 Å². The number of hydrogen-bond acceptors (Lipinski definition) is 3. The summed E-state index contributed by atoms with van der Waals surface area (Å²) >= 11 is 0. The van der Waals surface area contributed by atoms with Crippen molar-refractivity contribution in [1.82, 2.24) is 0 Å². The van der Waals surface area contributed by atoms with Gasteiger partial charge in [0, 0.05) is 0 Å². The molecule has 0 radical (unpaired) electrons. The van der Waals surface area contributed by atoms with Crippen molar-refractivity contribution in [3.63, 3.8) is 0 Å². The van der Waals surface area contributed by atoms with E-state index in [0.717, 1.165) is 11.1 Å². The summed E-state index contributed by atoms with van der Waals surface area (Å²) in [5.41, 5.74) is 2.14. The Balaban J connectivity index is 3.07. The van der Waals surface area contributed by atoms with Crippen LogP contribution in [0.1, 0.15) is 34.0 Å². The number of rotatable bonds is 4. The normalized spacial score (nSPS) is 11.9. The molecule has 0 aliphatic heterocycles. The van der Waals surface area contributed by atoms with Gasteiger partial charge in [0.2, 0.25) is 0 Å². The summed E-state index contributed by atoms with van der Waals surface area (Å²) in [5, 5.41) is 9.86. The van der Waals surface area contributed by atoms with E-state index in [0.29, 0.717) is 12.0 Å². The summed E-state index contributed by atoms with van der Waals surface area (Å²) in [6.07, 6.45) is 1.49. The lowest BCUT2D eigenvalue weighted by atomic mass is 9.98. The molecular weight excluding hydrogens is 204 g/mol. The highest BCUT2D eigenvalue weighted by atomic mass is 16.5. The molecule has 0 saturated heterocycles. The van der Waals surface area contributed by atoms with Crippen LogP contribution in [0.25, 0.3) is 0 Å². The van der Waals surface area contributed by atoms with Gasteiger partial charge in [-0.3, -0.25) is 0 Å². The van der Waals surface area contributed by atoms with Crippen molar-refractivity contribution in [1.29, 1.82) is 0 Å². The second kappa shape index (κ2) is 5.47. The van der Waals surface area contributed by atoms with E-state index in [-0.39, 0.29) is 0 Å². The first-order valence-corrected chi connectivity index (χ1v) is 5.08. The fraction of sp³-hybridized carbons (Fsp3) is 0.308. The maximum Gasteiger partial charge on any atom is 0.337 e. The molecule has 86 valence electrons. The number of esters is 1. The monoisotopic (exact) mass is 220 g/mol. The maximum atomic E-state index is 11.3. The largest absolute Gasteiger partial charge is 0.465 e. The Kier molecular flexibility index (Phi) is 4.26. The van der Waals surface area contributed by atoms with Crippen LogP contribution in [-0.4, -0.2) is 18.2 Å². The molecule has 1 aromatic carbocycles. The molecule has 1 aromatic rings. The maximum absolute atomic E-state index is 11.3. The average molecular weight is 220 g/mol. The molecule has 0 spiro atoms. The lowest BCUT2D eigenvalue weighted by Gasteiger charge is -2.13. The lowest BCUT2D eigenvalue weighted by molar-refractivity contribution is 0.0600. The molecular formula is C13H16O3. The highest BCUT2D eigenvalue weighted by Crippen LogP contribution is 2.22. The molecule has 0 amide bonds. The van der Waals surface area contributed by atoms with Crippen molar-refractivity contribution < 1.29 is 14.6 Å². The minimum atomic E-state index is -0.623. The van der Waals surface area contributed by atoms with E-state index < -0.39 is 12.1 Å². The Labute approximate surface area is 95.4 Å². The minimum absolute atomic E-state index is 0.396. The molecule has 16 heavy (non-hydrogen) atoms. The van der Waals surface area contributed by atoms with Crippen LogP contribution in [0.15, 0.2) is 30.9 Å². The second-order valence-electron chi connectivity index (χ2n) is 3.60. The van der Waals surface area contributed by atoms with Crippen LogP contribution in [0.4, 0.5) is 0 Å². The van der Waals surface area contributed by atoms with Gasteiger partial charge in [0.25, 0.3) is 0 Å². The van der Waals surface area contributed by atoms with E-state index >= 15 is 0 Å². The predicted octanol–water partition coefficient (Wildman–Crippen LogP) is 2.39. The zero-order valence-corrected chi connectivity index (χ0v) is 9.56. The molecule has 3 nitrogen and oxygen atoms in total. The highest BCUT2D eigenvalue weighted by Gasteiger charge is 2.12. The van der Waals surface area contributed by atoms with Crippen LogP contribution in [0.5, 0.6) is 0 Å². The number of ether oxygens (including phenoxy) is 1. The van der Waals surface area contributed by atoms with Gasteiger partial charge in [0.15, 0.2) is 0 Å². The third-order valence-electron chi connectivity index (χ3n) is 2.45. The Hall–Kier alpha value is -1.61. The van der Waals surface area contributed by atoms with Crippen molar-refractivity contribution in [3.05, 3.63) is 47.5 Å². The first-order chi connectivity index (χ1) is 7.60. The number of methoxy groups -OCH3 is 1. The van der Waals surface area contributed by atoms with E-state index in [4.69, 9.17) is 0 Å². The molecule has 1 N–H and O–H groups in total. The number of aliphatic hydroxyl groups excluding tert-OH is 1. The molecule has 0 aliphatic rings. The molecule has 1 rings (SSSR count). The van der Waals surface area contributed by atoms with Crippen LogP contribution >= 0.6 is 0 Å². The van der Waals surface area contributed by atoms with Gasteiger partial charge in [-0.15, -0.1) is 6.58 Å². The van der Waals surface area contributed by atoms with Crippen LogP contribution in [0.3, 0.4) is 0 Å². The van der Waals surface area contributed by atoms with Crippen LogP contribution in [0.2, 0.25) is 0 Å². The van der Waals surface area contributed by atoms with Gasteiger partial charge in [-0.2, -0.15) is 0 Å². The van der Waals surface area contributed by atoms with E-state index in [2.05, 4.69) is 11.3 Å². The summed E-state index contributed by atoms with van der Waals surface area (Å²) in [4.78, 5) is 11.3. The fourth-order valence-corrected chi connectivity index (χ4v) is 1.53. The molecule has 0 fully saturated rings. The highest BCUT2D eigenvalue weighted by molar-refractivity contribution is 5.89. The van der Waals surface area contributed by atoms with E-state index in [1.807, 2.05) is 6.92 Å². The first kappa shape index (κ1) is 12.5. The van der Waals surface area contributed by atoms with Gasteiger partial charge in [-0.1, -0.05) is 12.1 Å². The zero-order chi connectivity index (χ0) is 12.1. The van der Waals surface area contributed by atoms with Gasteiger partial charge in [0.1, 0.15) is 0 Å². The molecule has 0 saturated carbocycles. The van der Waals surface area contributed by atoms with Crippen LogP contribution in [-0.2, 0) is 4.74 Å². The third-order valence-corrected chi connectivity index (χ3v) is 2.45. The predicted molar refractivity (Wildman–Crippen MR) is 62.3 cm³/mol. The van der Waals surface area contributed by atoms with Gasteiger partial charge < -0.3 is 9.84 Å². The number of aryl methyl sites for hydroxylation is 1. The van der Waals surface area contributed by atoms with Crippen molar-refractivity contribution in [2.45, 2.75) is 19.4 Å². The second-order valence-corrected chi connectivity index (χ2v) is 3.60. The Morgan fingerprint density at radius 3 is 2.88 bits per heavy atom. The van der Waals surface area contributed by atoms with Gasteiger partial charge >= 0.3 is 5.97 Å². The molecule has 0 heterocycles. The smallest absolute Gasteiger partial charge is 0.337 e. The molecule has 0 aliphatic carbocycles. The lowest BCUT2D eigenvalue weighted by Crippen LogP contribution is -2.05. The first-order valence-electron chi connectivity index (χ1n) is 5.08. The summed E-state index contributed by atoms with van der Waals surface area (Å²) in [6.45, 7) is 5.47. The molecule has 0 aromatic heterocycles. The van der Waals surface area contributed by atoms with Gasteiger partial charge in [-0.05, 0) is 36.6 Å². The average Bonchev–Trinajstić information content (AvgIpc) is 2.29. The summed E-state index contributed by atoms with van der Waals surface area (Å²) in [6, 6.07) is 5.15. The standard InChI is InChI=1S/C13H16O3/c1-4-5-12(14)11-8-10(13(15)16-3)7-6-9(11)2/h4,6-8,12,14H,1,5H2,2-3H3. The zero-order valence-electron chi connectivity index (χ0n) is 9.56. The topological polar surface area (TPSA) is 46.5 Å². The van der Waals surface area contributed by atoms with Gasteiger partial charge in [-0.25, -0.2) is 4.79 Å². The molecule has 3 heteroatoms. The van der Waals surface area contributed by atoms with Crippen molar-refractivity contribution in [2.24, 2.45) is 0 Å². The van der Waals surface area contributed by atoms with Crippen molar-refractivity contribution in [3.8, 4) is 0 Å². The van der Waals surface area contributed by atoms with Crippen LogP contribution in [0, 0.1) is 6.92 Å². The summed E-state index contributed by atoms with van der Waals surface area (Å²) in [5.74, 6) is -0.396. The number of carbonyl (C=O) groups is 1. The van der Waals surface area contributed by atoms with Crippen molar-refractivity contribution >= 4 is 5.97 Å². The molecule has 0 bridgehead atoms. The Morgan fingerprint density at radius 1 is 1.62 bits per heavy atom. The number of carbonyl (C=O) groups excluding carboxylic acids is 1.